The fraction of sp³-hybridized carbons (Fsp3) is 0.300. The zero-order chi connectivity index (χ0) is 10.6. The molecule has 0 saturated heterocycles. The monoisotopic (exact) mass is 210 g/mol. The molecule has 3 N–H and O–H groups in total. The van der Waals surface area contributed by atoms with Crippen LogP contribution in [0, 0.1) is 6.92 Å². The highest BCUT2D eigenvalue weighted by Gasteiger charge is 2.06. The van der Waals surface area contributed by atoms with Crippen molar-refractivity contribution < 1.29 is 4.79 Å². The summed E-state index contributed by atoms with van der Waals surface area (Å²) >= 11 is 1.49. The quantitative estimate of drug-likeness (QED) is 0.749. The summed E-state index contributed by atoms with van der Waals surface area (Å²) in [5.74, 6) is 0.437. The molecule has 0 bridgehead atoms. The second-order valence-electron chi connectivity index (χ2n) is 3.02. The molecule has 0 atom stereocenters. The van der Waals surface area contributed by atoms with E-state index in [1.54, 1.807) is 6.07 Å². The van der Waals surface area contributed by atoms with Gasteiger partial charge in [0.2, 0.25) is 5.91 Å². The summed E-state index contributed by atoms with van der Waals surface area (Å²) in [5, 5.41) is 2.79. The Hall–Kier alpha value is -1.16. The summed E-state index contributed by atoms with van der Waals surface area (Å²) in [7, 11) is 0. The molecule has 1 aromatic rings. The molecular weight excluding hydrogens is 196 g/mol. The summed E-state index contributed by atoms with van der Waals surface area (Å²) < 4.78 is 0. The summed E-state index contributed by atoms with van der Waals surface area (Å²) in [6.45, 7) is 1.92. The molecule has 0 aliphatic rings. The van der Waals surface area contributed by atoms with Crippen molar-refractivity contribution in [2.45, 2.75) is 6.92 Å². The molecule has 76 valence electrons. The van der Waals surface area contributed by atoms with Gasteiger partial charge in [0.15, 0.2) is 0 Å². The lowest BCUT2D eigenvalue weighted by Gasteiger charge is -2.10. The highest BCUT2D eigenvalue weighted by molar-refractivity contribution is 7.99. The van der Waals surface area contributed by atoms with Crippen LogP contribution in [0.4, 0.5) is 11.4 Å². The van der Waals surface area contributed by atoms with Gasteiger partial charge in [-0.2, -0.15) is 11.8 Å². The number of nitrogens with two attached hydrogens (primary N) is 1. The number of para-hydroxylation sites is 1. The van der Waals surface area contributed by atoms with E-state index < -0.39 is 0 Å². The fourth-order valence-electron chi connectivity index (χ4n) is 1.17. The average molecular weight is 210 g/mol. The molecule has 4 heteroatoms. The maximum absolute atomic E-state index is 11.3. The molecule has 14 heavy (non-hydrogen) atoms. The van der Waals surface area contributed by atoms with Gasteiger partial charge in [0, 0.05) is 0 Å². The normalized spacial score (nSPS) is 9.86. The molecular formula is C10H14N2OS. The molecule has 0 unspecified atom stereocenters. The number of carbonyl (C=O) groups is 1. The third-order valence-electron chi connectivity index (χ3n) is 1.84. The zero-order valence-electron chi connectivity index (χ0n) is 8.33. The number of anilines is 2. The molecule has 1 aromatic carbocycles. The Morgan fingerprint density at radius 2 is 2.29 bits per heavy atom. The first-order valence-corrected chi connectivity index (χ1v) is 5.68. The third-order valence-corrected chi connectivity index (χ3v) is 2.40. The van der Waals surface area contributed by atoms with E-state index in [0.29, 0.717) is 11.4 Å². The van der Waals surface area contributed by atoms with Gasteiger partial charge >= 0.3 is 0 Å². The van der Waals surface area contributed by atoms with Crippen LogP contribution in [0.15, 0.2) is 18.2 Å². The van der Waals surface area contributed by atoms with E-state index >= 15 is 0 Å². The summed E-state index contributed by atoms with van der Waals surface area (Å²) in [4.78, 5) is 11.3. The zero-order valence-corrected chi connectivity index (χ0v) is 9.15. The Bertz CT molecular complexity index is 319. The van der Waals surface area contributed by atoms with Crippen LogP contribution in [0.3, 0.4) is 0 Å². The van der Waals surface area contributed by atoms with Crippen molar-refractivity contribution >= 4 is 29.0 Å². The van der Waals surface area contributed by atoms with Crippen LogP contribution in [0.25, 0.3) is 0 Å². The highest BCUT2D eigenvalue weighted by atomic mass is 32.2. The van der Waals surface area contributed by atoms with Crippen LogP contribution in [-0.2, 0) is 4.79 Å². The fourth-order valence-corrected chi connectivity index (χ4v) is 1.50. The predicted octanol–water partition coefficient (Wildman–Crippen LogP) is 1.88. The lowest BCUT2D eigenvalue weighted by Crippen LogP contribution is -2.15. The smallest absolute Gasteiger partial charge is 0.234 e. The number of hydrogen-bond acceptors (Lipinski definition) is 3. The van der Waals surface area contributed by atoms with E-state index in [-0.39, 0.29) is 5.91 Å². The first-order chi connectivity index (χ1) is 6.65. The molecule has 1 amide bonds. The van der Waals surface area contributed by atoms with Crippen LogP contribution in [0.5, 0.6) is 0 Å². The maximum atomic E-state index is 11.3. The summed E-state index contributed by atoms with van der Waals surface area (Å²) in [6, 6.07) is 5.57. The molecule has 0 radical (unpaired) electrons. The van der Waals surface area contributed by atoms with E-state index in [1.165, 1.54) is 11.8 Å². The number of nitrogen functional groups attached to an aromatic ring is 1. The molecule has 0 fully saturated rings. The van der Waals surface area contributed by atoms with Gasteiger partial charge in [-0.3, -0.25) is 4.79 Å². The van der Waals surface area contributed by atoms with Crippen LogP contribution in [0.1, 0.15) is 5.56 Å². The second-order valence-corrected chi connectivity index (χ2v) is 3.89. The predicted molar refractivity (Wildman–Crippen MR) is 62.6 cm³/mol. The van der Waals surface area contributed by atoms with Gasteiger partial charge in [-0.15, -0.1) is 0 Å². The van der Waals surface area contributed by atoms with E-state index in [2.05, 4.69) is 5.32 Å². The van der Waals surface area contributed by atoms with Crippen molar-refractivity contribution in [2.24, 2.45) is 0 Å². The first kappa shape index (κ1) is 10.9. The van der Waals surface area contributed by atoms with Gasteiger partial charge in [-0.1, -0.05) is 12.1 Å². The number of rotatable bonds is 3. The molecule has 0 saturated carbocycles. The molecule has 1 rings (SSSR count). The highest BCUT2D eigenvalue weighted by Crippen LogP contribution is 2.22. The number of thioether (sulfide) groups is 1. The molecule has 0 heterocycles. The van der Waals surface area contributed by atoms with Gasteiger partial charge in [0.05, 0.1) is 17.1 Å². The number of hydrogen-bond donors (Lipinski definition) is 2. The minimum absolute atomic E-state index is 0.0153. The van der Waals surface area contributed by atoms with E-state index in [9.17, 15) is 4.79 Å². The Kier molecular flexibility index (Phi) is 3.83. The van der Waals surface area contributed by atoms with Crippen molar-refractivity contribution in [1.82, 2.24) is 0 Å². The number of amides is 1. The van der Waals surface area contributed by atoms with Crippen LogP contribution in [0.2, 0.25) is 0 Å². The number of nitrogens with one attached hydrogen (secondary N) is 1. The lowest BCUT2D eigenvalue weighted by molar-refractivity contribution is -0.113. The van der Waals surface area contributed by atoms with Gasteiger partial charge in [0.1, 0.15) is 0 Å². The van der Waals surface area contributed by atoms with Crippen molar-refractivity contribution in [1.29, 1.82) is 0 Å². The van der Waals surface area contributed by atoms with Crippen molar-refractivity contribution in [3.63, 3.8) is 0 Å². The Balaban J connectivity index is 2.80. The SMILES string of the molecule is CSCC(=O)Nc1c(C)cccc1N. The number of benzene rings is 1. The van der Waals surface area contributed by atoms with Crippen LogP contribution >= 0.6 is 11.8 Å². The summed E-state index contributed by atoms with van der Waals surface area (Å²) in [6.07, 6.45) is 1.89. The summed E-state index contributed by atoms with van der Waals surface area (Å²) in [5.41, 5.74) is 8.07. The number of carbonyl (C=O) groups excluding carboxylic acids is 1. The molecule has 0 aromatic heterocycles. The topological polar surface area (TPSA) is 55.1 Å². The van der Waals surface area contributed by atoms with E-state index in [1.807, 2.05) is 25.3 Å². The van der Waals surface area contributed by atoms with Gasteiger partial charge in [-0.05, 0) is 24.8 Å². The standard InChI is InChI=1S/C10H14N2OS/c1-7-4-3-5-8(11)10(7)12-9(13)6-14-2/h3-5H,6,11H2,1-2H3,(H,12,13). The van der Waals surface area contributed by atoms with E-state index in [4.69, 9.17) is 5.73 Å². The second kappa shape index (κ2) is 4.91. The third kappa shape index (κ3) is 2.67. The van der Waals surface area contributed by atoms with Gasteiger partial charge in [0.25, 0.3) is 0 Å². The van der Waals surface area contributed by atoms with Crippen molar-refractivity contribution in [3.8, 4) is 0 Å². The van der Waals surface area contributed by atoms with Crippen molar-refractivity contribution in [3.05, 3.63) is 23.8 Å². The van der Waals surface area contributed by atoms with Gasteiger partial charge in [-0.25, -0.2) is 0 Å². The van der Waals surface area contributed by atoms with Crippen LogP contribution in [-0.4, -0.2) is 17.9 Å². The lowest BCUT2D eigenvalue weighted by atomic mass is 10.1. The Morgan fingerprint density at radius 3 is 2.86 bits per heavy atom. The van der Waals surface area contributed by atoms with E-state index in [0.717, 1.165) is 11.3 Å². The average Bonchev–Trinajstić information content (AvgIpc) is 2.12. The largest absolute Gasteiger partial charge is 0.397 e. The Labute approximate surface area is 88.1 Å². The molecule has 0 spiro atoms. The molecule has 0 aliphatic carbocycles. The van der Waals surface area contributed by atoms with Crippen molar-refractivity contribution in [2.75, 3.05) is 23.1 Å². The minimum atomic E-state index is -0.0153. The minimum Gasteiger partial charge on any atom is -0.397 e. The maximum Gasteiger partial charge on any atom is 0.234 e. The Morgan fingerprint density at radius 1 is 1.57 bits per heavy atom. The van der Waals surface area contributed by atoms with Crippen LogP contribution < -0.4 is 11.1 Å². The first-order valence-electron chi connectivity index (χ1n) is 4.29. The van der Waals surface area contributed by atoms with Gasteiger partial charge < -0.3 is 11.1 Å². The number of aryl methyl sites for hydroxylation is 1. The molecule has 0 aliphatic heterocycles. The molecule has 3 nitrogen and oxygen atoms in total.